The van der Waals surface area contributed by atoms with Crippen molar-refractivity contribution in [3.05, 3.63) is 40.6 Å². The van der Waals surface area contributed by atoms with Gasteiger partial charge in [-0.1, -0.05) is 0 Å². The van der Waals surface area contributed by atoms with Crippen LogP contribution in [0, 0.1) is 10.1 Å². The van der Waals surface area contributed by atoms with E-state index in [-0.39, 0.29) is 24.2 Å². The summed E-state index contributed by atoms with van der Waals surface area (Å²) in [6.45, 7) is 2.19. The molecule has 2 aromatic heterocycles. The maximum absolute atomic E-state index is 11.8. The Kier molecular flexibility index (Phi) is 4.08. The average molecular weight is 278 g/mol. The minimum atomic E-state index is -0.572. The number of carbonyl (C=O) groups is 1. The second kappa shape index (κ2) is 5.95. The van der Waals surface area contributed by atoms with E-state index in [4.69, 9.17) is 0 Å². The Bertz CT molecular complexity index is 591. The first-order valence-electron chi connectivity index (χ1n) is 6.00. The highest BCUT2D eigenvalue weighted by Gasteiger charge is 2.13. The summed E-state index contributed by atoms with van der Waals surface area (Å²) in [5, 5.41) is 19.8. The fourth-order valence-corrected chi connectivity index (χ4v) is 1.69. The lowest BCUT2D eigenvalue weighted by Gasteiger charge is -2.11. The van der Waals surface area contributed by atoms with Crippen molar-refractivity contribution in [1.82, 2.24) is 25.1 Å². The maximum Gasteiger partial charge on any atom is 0.381 e. The predicted molar refractivity (Wildman–Crippen MR) is 68.6 cm³/mol. The summed E-state index contributed by atoms with van der Waals surface area (Å²) in [6, 6.07) is -0.140. The van der Waals surface area contributed by atoms with Crippen LogP contribution in [0.1, 0.15) is 24.9 Å². The van der Waals surface area contributed by atoms with Crippen molar-refractivity contribution in [2.75, 3.05) is 0 Å². The highest BCUT2D eigenvalue weighted by Crippen LogP contribution is 2.10. The Hall–Kier alpha value is -2.71. The third kappa shape index (κ3) is 3.40. The number of aromatic amines is 1. The number of H-pyrrole nitrogens is 1. The van der Waals surface area contributed by atoms with Crippen LogP contribution in [0.5, 0.6) is 0 Å². The van der Waals surface area contributed by atoms with Crippen molar-refractivity contribution in [3.8, 4) is 0 Å². The van der Waals surface area contributed by atoms with Crippen LogP contribution in [-0.4, -0.2) is 30.6 Å². The van der Waals surface area contributed by atoms with Crippen LogP contribution >= 0.6 is 0 Å². The summed E-state index contributed by atoms with van der Waals surface area (Å²) in [5.41, 5.74) is 0.886. The molecule has 0 saturated heterocycles. The standard InChI is InChI=1S/C11H14N6O3/c1-8(9-4-13-14-5-9)15-11(18)2-3-16-6-10(12-7-16)17(19)20/h4-8H,2-3H2,1H3,(H,13,14)(H,15,18). The summed E-state index contributed by atoms with van der Waals surface area (Å²) in [4.78, 5) is 25.3. The first-order valence-corrected chi connectivity index (χ1v) is 6.00. The minimum absolute atomic E-state index is 0.140. The van der Waals surface area contributed by atoms with E-state index in [1.54, 1.807) is 12.4 Å². The van der Waals surface area contributed by atoms with E-state index in [2.05, 4.69) is 20.5 Å². The molecule has 2 N–H and O–H groups in total. The van der Waals surface area contributed by atoms with E-state index in [1.807, 2.05) is 6.92 Å². The van der Waals surface area contributed by atoms with Crippen LogP contribution in [0.3, 0.4) is 0 Å². The second-order valence-electron chi connectivity index (χ2n) is 4.30. The number of hydrogen-bond donors (Lipinski definition) is 2. The molecule has 1 unspecified atom stereocenters. The van der Waals surface area contributed by atoms with Gasteiger partial charge in [0.2, 0.25) is 12.2 Å². The largest absolute Gasteiger partial charge is 0.381 e. The fraction of sp³-hybridized carbons (Fsp3) is 0.364. The van der Waals surface area contributed by atoms with Gasteiger partial charge in [0.25, 0.3) is 0 Å². The number of nitrogens with one attached hydrogen (secondary N) is 2. The van der Waals surface area contributed by atoms with Gasteiger partial charge in [0.15, 0.2) is 0 Å². The van der Waals surface area contributed by atoms with E-state index < -0.39 is 4.92 Å². The van der Waals surface area contributed by atoms with Crippen LogP contribution < -0.4 is 5.32 Å². The lowest BCUT2D eigenvalue weighted by molar-refractivity contribution is -0.389. The van der Waals surface area contributed by atoms with Crippen molar-refractivity contribution >= 4 is 11.7 Å². The molecule has 2 aromatic rings. The summed E-state index contributed by atoms with van der Waals surface area (Å²) >= 11 is 0. The SMILES string of the molecule is CC(NC(=O)CCn1cnc([N+](=O)[O-])c1)c1cn[nH]c1. The Morgan fingerprint density at radius 3 is 3.05 bits per heavy atom. The third-order valence-electron chi connectivity index (χ3n) is 2.80. The average Bonchev–Trinajstić information content (AvgIpc) is 3.07. The molecule has 2 heterocycles. The molecule has 1 amide bonds. The van der Waals surface area contributed by atoms with Crippen LogP contribution in [0.25, 0.3) is 0 Å². The molecule has 1 atom stereocenters. The Morgan fingerprint density at radius 2 is 2.45 bits per heavy atom. The monoisotopic (exact) mass is 278 g/mol. The molecular weight excluding hydrogens is 264 g/mol. The van der Waals surface area contributed by atoms with Gasteiger partial charge in [0.1, 0.15) is 6.20 Å². The zero-order valence-electron chi connectivity index (χ0n) is 10.8. The van der Waals surface area contributed by atoms with Crippen LogP contribution in [0.4, 0.5) is 5.82 Å². The van der Waals surface area contributed by atoms with Crippen molar-refractivity contribution in [3.63, 3.8) is 0 Å². The van der Waals surface area contributed by atoms with Crippen molar-refractivity contribution in [2.24, 2.45) is 0 Å². The molecule has 9 nitrogen and oxygen atoms in total. The number of aryl methyl sites for hydroxylation is 1. The highest BCUT2D eigenvalue weighted by atomic mass is 16.6. The maximum atomic E-state index is 11.8. The van der Waals surface area contributed by atoms with Gasteiger partial charge >= 0.3 is 5.82 Å². The lowest BCUT2D eigenvalue weighted by atomic mass is 10.2. The molecule has 0 spiro atoms. The summed E-state index contributed by atoms with van der Waals surface area (Å²) in [7, 11) is 0. The van der Waals surface area contributed by atoms with E-state index in [0.717, 1.165) is 5.56 Å². The molecule has 0 aromatic carbocycles. The minimum Gasteiger partial charge on any atom is -0.358 e. The predicted octanol–water partition coefficient (Wildman–Crippen LogP) is 0.782. The zero-order valence-corrected chi connectivity index (χ0v) is 10.8. The van der Waals surface area contributed by atoms with Gasteiger partial charge in [-0.15, -0.1) is 0 Å². The Labute approximate surface area is 114 Å². The summed E-state index contributed by atoms with van der Waals surface area (Å²) in [5.74, 6) is -0.368. The fourth-order valence-electron chi connectivity index (χ4n) is 1.69. The molecule has 2 rings (SSSR count). The first kappa shape index (κ1) is 13.7. The number of amides is 1. The molecule has 0 fully saturated rings. The summed E-state index contributed by atoms with van der Waals surface area (Å²) < 4.78 is 1.51. The molecule has 0 saturated carbocycles. The highest BCUT2D eigenvalue weighted by molar-refractivity contribution is 5.76. The smallest absolute Gasteiger partial charge is 0.358 e. The number of aromatic nitrogens is 4. The Balaban J connectivity index is 1.81. The molecule has 0 radical (unpaired) electrons. The quantitative estimate of drug-likeness (QED) is 0.598. The number of nitrogens with zero attached hydrogens (tertiary/aromatic N) is 4. The zero-order chi connectivity index (χ0) is 14.5. The van der Waals surface area contributed by atoms with E-state index >= 15 is 0 Å². The normalized spacial score (nSPS) is 12.1. The van der Waals surface area contributed by atoms with Gasteiger partial charge in [0.05, 0.1) is 12.2 Å². The topological polar surface area (TPSA) is 119 Å². The van der Waals surface area contributed by atoms with Gasteiger partial charge in [-0.2, -0.15) is 5.10 Å². The molecule has 0 bridgehead atoms. The molecule has 0 aliphatic carbocycles. The van der Waals surface area contributed by atoms with Gasteiger partial charge in [-0.05, 0) is 16.8 Å². The second-order valence-corrected chi connectivity index (χ2v) is 4.30. The number of hydrogen-bond acceptors (Lipinski definition) is 5. The number of rotatable bonds is 6. The molecular formula is C11H14N6O3. The van der Waals surface area contributed by atoms with Crippen LogP contribution in [0.2, 0.25) is 0 Å². The third-order valence-corrected chi connectivity index (χ3v) is 2.80. The van der Waals surface area contributed by atoms with Gasteiger partial charge < -0.3 is 20.0 Å². The molecule has 0 aliphatic rings. The van der Waals surface area contributed by atoms with Crippen molar-refractivity contribution in [2.45, 2.75) is 25.9 Å². The van der Waals surface area contributed by atoms with E-state index in [9.17, 15) is 14.9 Å². The number of carbonyl (C=O) groups excluding carboxylic acids is 1. The molecule has 20 heavy (non-hydrogen) atoms. The first-order chi connectivity index (χ1) is 9.56. The van der Waals surface area contributed by atoms with Crippen molar-refractivity contribution < 1.29 is 9.72 Å². The summed E-state index contributed by atoms with van der Waals surface area (Å²) in [6.07, 6.45) is 6.21. The van der Waals surface area contributed by atoms with Gasteiger partial charge in [-0.3, -0.25) is 9.89 Å². The van der Waals surface area contributed by atoms with Crippen LogP contribution in [-0.2, 0) is 11.3 Å². The lowest BCUT2D eigenvalue weighted by Crippen LogP contribution is -2.27. The van der Waals surface area contributed by atoms with Crippen molar-refractivity contribution in [1.29, 1.82) is 0 Å². The Morgan fingerprint density at radius 1 is 1.65 bits per heavy atom. The van der Waals surface area contributed by atoms with Gasteiger partial charge in [-0.25, -0.2) is 0 Å². The van der Waals surface area contributed by atoms with E-state index in [1.165, 1.54) is 17.1 Å². The van der Waals surface area contributed by atoms with Crippen LogP contribution in [0.15, 0.2) is 24.9 Å². The number of nitro groups is 1. The molecule has 0 aliphatic heterocycles. The van der Waals surface area contributed by atoms with E-state index in [0.29, 0.717) is 6.54 Å². The molecule has 9 heteroatoms. The number of imidazole rings is 1. The van der Waals surface area contributed by atoms with Gasteiger partial charge in [0, 0.05) is 24.7 Å². The molecule has 106 valence electrons.